The summed E-state index contributed by atoms with van der Waals surface area (Å²) in [6.45, 7) is 0. The molecule has 0 aliphatic carbocycles. The molecule has 0 bridgehead atoms. The Morgan fingerprint density at radius 2 is 1.89 bits per heavy atom. The Labute approximate surface area is 69.7 Å². The first-order valence-electron chi connectivity index (χ1n) is 2.57. The van der Waals surface area contributed by atoms with Crippen LogP contribution in [0.2, 0.25) is 0 Å². The van der Waals surface area contributed by atoms with Gasteiger partial charge in [0.05, 0.1) is 0 Å². The summed E-state index contributed by atoms with van der Waals surface area (Å²) in [5.41, 5.74) is 1.13. The maximum atomic E-state index is 3.01. The van der Waals surface area contributed by atoms with E-state index in [1.165, 1.54) is 0 Å². The molecule has 9 heavy (non-hydrogen) atoms. The van der Waals surface area contributed by atoms with E-state index in [2.05, 4.69) is 11.4 Å². The molecule has 0 aliphatic heterocycles. The van der Waals surface area contributed by atoms with Crippen LogP contribution in [0.4, 0.5) is 5.69 Å². The number of anilines is 1. The number of benzene rings is 1. The Hall–Kier alpha value is -0.292. The molecule has 0 saturated heterocycles. The second-order valence-corrected chi connectivity index (χ2v) is 1.54. The molecule has 46 valence electrons. The minimum Gasteiger partial charge on any atom is -0.409 e. The van der Waals surface area contributed by atoms with E-state index < -0.39 is 0 Å². The van der Waals surface area contributed by atoms with E-state index in [0.717, 1.165) is 5.69 Å². The van der Waals surface area contributed by atoms with E-state index in [1.807, 2.05) is 31.3 Å². The van der Waals surface area contributed by atoms with Gasteiger partial charge in [0.1, 0.15) is 0 Å². The molecule has 2 heteroatoms. The van der Waals surface area contributed by atoms with Gasteiger partial charge in [-0.3, -0.25) is 0 Å². The van der Waals surface area contributed by atoms with E-state index in [-0.39, 0.29) is 21.1 Å². The van der Waals surface area contributed by atoms with Crippen molar-refractivity contribution in [2.45, 2.75) is 0 Å². The molecule has 1 N–H and O–H groups in total. The molecule has 0 spiro atoms. The minimum atomic E-state index is 0. The van der Waals surface area contributed by atoms with Crippen molar-refractivity contribution in [1.29, 1.82) is 0 Å². The van der Waals surface area contributed by atoms with E-state index in [4.69, 9.17) is 0 Å². The van der Waals surface area contributed by atoms with Crippen molar-refractivity contribution in [2.75, 3.05) is 12.4 Å². The fourth-order valence-electron chi connectivity index (χ4n) is 0.554. The zero-order valence-electron chi connectivity index (χ0n) is 5.22. The maximum absolute atomic E-state index is 3.01. The summed E-state index contributed by atoms with van der Waals surface area (Å²) in [5, 5.41) is 3.01. The zero-order valence-corrected chi connectivity index (χ0v) is 8.15. The summed E-state index contributed by atoms with van der Waals surface area (Å²) in [6.07, 6.45) is 0. The molecule has 1 aromatic carbocycles. The molecular weight excluding hydrogens is 282 g/mol. The van der Waals surface area contributed by atoms with Gasteiger partial charge in [-0.05, 0) is 0 Å². The van der Waals surface area contributed by atoms with Crippen molar-refractivity contribution in [3.63, 3.8) is 0 Å². The fourth-order valence-corrected chi connectivity index (χ4v) is 0.554. The fraction of sp³-hybridized carbons (Fsp3) is 0.143. The Morgan fingerprint density at radius 3 is 2.22 bits per heavy atom. The summed E-state index contributed by atoms with van der Waals surface area (Å²) in [6, 6.07) is 10.6. The van der Waals surface area contributed by atoms with Gasteiger partial charge in [0.25, 0.3) is 0 Å². The molecule has 1 nitrogen and oxygen atoms in total. The first-order valence-corrected chi connectivity index (χ1v) is 2.57. The summed E-state index contributed by atoms with van der Waals surface area (Å²) >= 11 is 0. The van der Waals surface area contributed by atoms with E-state index in [9.17, 15) is 0 Å². The van der Waals surface area contributed by atoms with Gasteiger partial charge in [-0.25, -0.2) is 0 Å². The summed E-state index contributed by atoms with van der Waals surface area (Å²) in [5.74, 6) is 0. The van der Waals surface area contributed by atoms with Crippen molar-refractivity contribution < 1.29 is 21.1 Å². The Kier molecular flexibility index (Phi) is 4.43. The topological polar surface area (TPSA) is 12.0 Å². The average Bonchev–Trinajstić information content (AvgIpc) is 1.90. The van der Waals surface area contributed by atoms with Crippen LogP contribution in [0.25, 0.3) is 0 Å². The SMILES string of the molecule is CNc1cc[c-]cc1.[W+2]. The van der Waals surface area contributed by atoms with Crippen molar-refractivity contribution in [1.82, 2.24) is 0 Å². The Morgan fingerprint density at radius 1 is 1.33 bits per heavy atom. The molecule has 0 radical (unpaired) electrons. The molecule has 0 unspecified atom stereocenters. The Bertz CT molecular complexity index is 150. The van der Waals surface area contributed by atoms with Gasteiger partial charge in [-0.2, -0.15) is 18.2 Å². The third-order valence-electron chi connectivity index (χ3n) is 1.01. The van der Waals surface area contributed by atoms with Crippen LogP contribution in [0.15, 0.2) is 24.3 Å². The molecular formula is C7H8NW+. The smallest absolute Gasteiger partial charge is 0.409 e. The summed E-state index contributed by atoms with van der Waals surface area (Å²) in [4.78, 5) is 0. The third kappa shape index (κ3) is 2.66. The minimum absolute atomic E-state index is 0. The third-order valence-corrected chi connectivity index (χ3v) is 1.01. The van der Waals surface area contributed by atoms with Crippen LogP contribution >= 0.6 is 0 Å². The second kappa shape index (κ2) is 4.57. The predicted molar refractivity (Wildman–Crippen MR) is 34.8 cm³/mol. The normalized spacial score (nSPS) is 7.67. The molecule has 0 atom stereocenters. The molecule has 0 saturated carbocycles. The Balaban J connectivity index is 0.000000640. The molecule has 0 aliphatic rings. The van der Waals surface area contributed by atoms with E-state index >= 15 is 0 Å². The molecule has 1 aromatic rings. The van der Waals surface area contributed by atoms with Crippen LogP contribution in [-0.2, 0) is 21.1 Å². The quantitative estimate of drug-likeness (QED) is 0.773. The second-order valence-electron chi connectivity index (χ2n) is 1.54. The molecule has 0 amide bonds. The van der Waals surface area contributed by atoms with Crippen LogP contribution in [0.1, 0.15) is 0 Å². The molecule has 1 rings (SSSR count). The molecule has 0 fully saturated rings. The molecule has 0 heterocycles. The monoisotopic (exact) mass is 290 g/mol. The van der Waals surface area contributed by atoms with Gasteiger partial charge in [0.15, 0.2) is 0 Å². The number of hydrogen-bond donors (Lipinski definition) is 1. The number of rotatable bonds is 1. The zero-order chi connectivity index (χ0) is 5.82. The average molecular weight is 290 g/mol. The van der Waals surface area contributed by atoms with Crippen LogP contribution in [0.3, 0.4) is 0 Å². The maximum Gasteiger partial charge on any atom is 2.00 e. The van der Waals surface area contributed by atoms with Gasteiger partial charge in [0.2, 0.25) is 0 Å². The van der Waals surface area contributed by atoms with Gasteiger partial charge in [-0.1, -0.05) is 5.69 Å². The molecule has 0 aromatic heterocycles. The standard InChI is InChI=1S/C7H8N.W/c1-8-7-5-3-2-4-6-7;/h3-6,8H,1H3;/q-1;+2. The summed E-state index contributed by atoms with van der Waals surface area (Å²) < 4.78 is 0. The van der Waals surface area contributed by atoms with Gasteiger partial charge in [-0.15, -0.1) is 12.1 Å². The predicted octanol–water partition coefficient (Wildman–Crippen LogP) is 1.53. The van der Waals surface area contributed by atoms with Crippen LogP contribution in [-0.4, -0.2) is 7.05 Å². The van der Waals surface area contributed by atoms with Crippen molar-refractivity contribution >= 4 is 5.69 Å². The largest absolute Gasteiger partial charge is 2.00 e. The van der Waals surface area contributed by atoms with Crippen molar-refractivity contribution in [2.24, 2.45) is 0 Å². The number of nitrogens with one attached hydrogen (secondary N) is 1. The number of hydrogen-bond acceptors (Lipinski definition) is 1. The van der Waals surface area contributed by atoms with Gasteiger partial charge >= 0.3 is 21.1 Å². The van der Waals surface area contributed by atoms with E-state index in [0.29, 0.717) is 0 Å². The first-order chi connectivity index (χ1) is 3.93. The van der Waals surface area contributed by atoms with E-state index in [1.54, 1.807) is 0 Å². The first kappa shape index (κ1) is 8.71. The summed E-state index contributed by atoms with van der Waals surface area (Å²) in [7, 11) is 1.90. The van der Waals surface area contributed by atoms with Crippen molar-refractivity contribution in [3.8, 4) is 0 Å². The van der Waals surface area contributed by atoms with Gasteiger partial charge in [0, 0.05) is 7.05 Å². The van der Waals surface area contributed by atoms with Gasteiger partial charge < -0.3 is 5.32 Å². The van der Waals surface area contributed by atoms with Crippen molar-refractivity contribution in [3.05, 3.63) is 30.3 Å². The van der Waals surface area contributed by atoms with Crippen LogP contribution in [0.5, 0.6) is 0 Å². The van der Waals surface area contributed by atoms with Crippen LogP contribution in [0, 0.1) is 6.07 Å². The van der Waals surface area contributed by atoms with Crippen LogP contribution < -0.4 is 5.32 Å².